The molecule has 1 spiro atoms. The highest BCUT2D eigenvalue weighted by molar-refractivity contribution is 5.79. The van der Waals surface area contributed by atoms with Gasteiger partial charge < -0.3 is 14.5 Å². The first-order chi connectivity index (χ1) is 12.9. The van der Waals surface area contributed by atoms with Crippen LogP contribution >= 0.6 is 0 Å². The number of methoxy groups -OCH3 is 1. The Hall–Kier alpha value is -1.88. The second-order valence-corrected chi connectivity index (χ2v) is 8.28. The molecule has 2 aliphatic rings. The van der Waals surface area contributed by atoms with Gasteiger partial charge in [-0.3, -0.25) is 9.59 Å². The van der Waals surface area contributed by atoms with E-state index in [1.54, 1.807) is 7.11 Å². The van der Waals surface area contributed by atoms with Gasteiger partial charge in [-0.1, -0.05) is 18.2 Å². The molecule has 2 aliphatic heterocycles. The zero-order valence-electron chi connectivity index (χ0n) is 16.9. The lowest BCUT2D eigenvalue weighted by Crippen LogP contribution is -2.53. The van der Waals surface area contributed by atoms with Gasteiger partial charge in [-0.2, -0.15) is 0 Å². The first-order valence-electron chi connectivity index (χ1n) is 10.0. The number of nitrogens with zero attached hydrogens (tertiary/aromatic N) is 2. The van der Waals surface area contributed by atoms with E-state index in [1.165, 1.54) is 11.1 Å². The van der Waals surface area contributed by atoms with Crippen molar-refractivity contribution in [2.75, 3.05) is 39.9 Å². The molecule has 1 aromatic rings. The number of hydrogen-bond acceptors (Lipinski definition) is 3. The number of carbonyl (C=O) groups excluding carboxylic acids is 2. The standard InChI is InChI=1S/C22H32N2O3/c1-17-4-5-19(14-18(17)2)15-21(26)23-10-8-22(9-11-23)7-6-20(25)24(16-22)12-13-27-3/h4-5,14H,6-13,15-16H2,1-3H3. The second-order valence-electron chi connectivity index (χ2n) is 8.28. The van der Waals surface area contributed by atoms with E-state index < -0.39 is 0 Å². The molecule has 5 nitrogen and oxygen atoms in total. The summed E-state index contributed by atoms with van der Waals surface area (Å²) in [6.45, 7) is 7.86. The van der Waals surface area contributed by atoms with Crippen LogP contribution in [0.2, 0.25) is 0 Å². The van der Waals surface area contributed by atoms with Crippen LogP contribution in [0.5, 0.6) is 0 Å². The SMILES string of the molecule is COCCN1CC2(CCC1=O)CCN(C(=O)Cc1ccc(C)c(C)c1)CC2. The van der Waals surface area contributed by atoms with Gasteiger partial charge in [0.2, 0.25) is 11.8 Å². The molecule has 3 rings (SSSR count). The number of piperidine rings is 2. The summed E-state index contributed by atoms with van der Waals surface area (Å²) < 4.78 is 5.14. The summed E-state index contributed by atoms with van der Waals surface area (Å²) in [5, 5.41) is 0. The normalized spacial score (nSPS) is 19.6. The highest BCUT2D eigenvalue weighted by Crippen LogP contribution is 2.40. The van der Waals surface area contributed by atoms with Crippen LogP contribution < -0.4 is 0 Å². The Bertz CT molecular complexity index is 693. The summed E-state index contributed by atoms with van der Waals surface area (Å²) in [7, 11) is 1.67. The highest BCUT2D eigenvalue weighted by Gasteiger charge is 2.41. The predicted molar refractivity (Wildman–Crippen MR) is 106 cm³/mol. The van der Waals surface area contributed by atoms with Crippen molar-refractivity contribution in [2.24, 2.45) is 5.41 Å². The number of benzene rings is 1. The maximum absolute atomic E-state index is 12.7. The minimum atomic E-state index is 0.179. The Balaban J connectivity index is 1.55. The average Bonchev–Trinajstić information content (AvgIpc) is 2.66. The second kappa shape index (κ2) is 8.42. The third-order valence-electron chi connectivity index (χ3n) is 6.42. The molecule has 2 fully saturated rings. The Labute approximate surface area is 162 Å². The van der Waals surface area contributed by atoms with Crippen molar-refractivity contribution in [3.63, 3.8) is 0 Å². The van der Waals surface area contributed by atoms with E-state index in [1.807, 2.05) is 9.80 Å². The zero-order valence-corrected chi connectivity index (χ0v) is 16.9. The van der Waals surface area contributed by atoms with Crippen molar-refractivity contribution >= 4 is 11.8 Å². The quantitative estimate of drug-likeness (QED) is 0.799. The van der Waals surface area contributed by atoms with Gasteiger partial charge in [0.15, 0.2) is 0 Å². The van der Waals surface area contributed by atoms with Crippen molar-refractivity contribution in [3.8, 4) is 0 Å². The van der Waals surface area contributed by atoms with E-state index in [0.717, 1.165) is 44.5 Å². The zero-order chi connectivity index (χ0) is 19.4. The van der Waals surface area contributed by atoms with Crippen molar-refractivity contribution in [1.82, 2.24) is 9.80 Å². The summed E-state index contributed by atoms with van der Waals surface area (Å²) in [4.78, 5) is 28.9. The van der Waals surface area contributed by atoms with Gasteiger partial charge in [0.1, 0.15) is 0 Å². The van der Waals surface area contributed by atoms with Gasteiger partial charge in [-0.25, -0.2) is 0 Å². The van der Waals surface area contributed by atoms with Crippen LogP contribution in [0.15, 0.2) is 18.2 Å². The van der Waals surface area contributed by atoms with E-state index in [0.29, 0.717) is 26.0 Å². The fraction of sp³-hybridized carbons (Fsp3) is 0.636. The Morgan fingerprint density at radius 3 is 2.56 bits per heavy atom. The highest BCUT2D eigenvalue weighted by atomic mass is 16.5. The predicted octanol–water partition coefficient (Wildman–Crippen LogP) is 2.72. The number of ether oxygens (including phenoxy) is 1. The number of carbonyl (C=O) groups is 2. The Kier molecular flexibility index (Phi) is 6.20. The smallest absolute Gasteiger partial charge is 0.226 e. The van der Waals surface area contributed by atoms with Crippen LogP contribution in [0.3, 0.4) is 0 Å². The third-order valence-corrected chi connectivity index (χ3v) is 6.42. The number of amides is 2. The minimum absolute atomic E-state index is 0.179. The van der Waals surface area contributed by atoms with Gasteiger partial charge in [0, 0.05) is 39.7 Å². The molecular formula is C22H32N2O3. The first kappa shape index (κ1) is 19.9. The van der Waals surface area contributed by atoms with Crippen LogP contribution in [0.4, 0.5) is 0 Å². The molecule has 0 aliphatic carbocycles. The molecule has 0 radical (unpaired) electrons. The summed E-state index contributed by atoms with van der Waals surface area (Å²) in [5.41, 5.74) is 3.77. The molecule has 0 N–H and O–H groups in total. The van der Waals surface area contributed by atoms with Gasteiger partial charge in [0.25, 0.3) is 0 Å². The first-order valence-corrected chi connectivity index (χ1v) is 10.0. The molecule has 2 heterocycles. The monoisotopic (exact) mass is 372 g/mol. The van der Waals surface area contributed by atoms with Crippen LogP contribution in [-0.2, 0) is 20.7 Å². The van der Waals surface area contributed by atoms with Crippen LogP contribution in [0.25, 0.3) is 0 Å². The number of hydrogen-bond donors (Lipinski definition) is 0. The number of rotatable bonds is 5. The summed E-state index contributed by atoms with van der Waals surface area (Å²) in [6, 6.07) is 6.28. The van der Waals surface area contributed by atoms with Gasteiger partial charge in [-0.15, -0.1) is 0 Å². The van der Waals surface area contributed by atoms with E-state index in [9.17, 15) is 9.59 Å². The molecule has 5 heteroatoms. The fourth-order valence-corrected chi connectivity index (χ4v) is 4.35. The Morgan fingerprint density at radius 2 is 1.89 bits per heavy atom. The van der Waals surface area contributed by atoms with Crippen molar-refractivity contribution in [1.29, 1.82) is 0 Å². The molecular weight excluding hydrogens is 340 g/mol. The number of likely N-dealkylation sites (tertiary alicyclic amines) is 2. The fourth-order valence-electron chi connectivity index (χ4n) is 4.35. The molecule has 0 bridgehead atoms. The molecule has 1 aromatic carbocycles. The lowest BCUT2D eigenvalue weighted by molar-refractivity contribution is -0.142. The lowest BCUT2D eigenvalue weighted by Gasteiger charge is -2.47. The van der Waals surface area contributed by atoms with Crippen LogP contribution in [-0.4, -0.2) is 61.5 Å². The van der Waals surface area contributed by atoms with E-state index >= 15 is 0 Å². The van der Waals surface area contributed by atoms with Gasteiger partial charge >= 0.3 is 0 Å². The lowest BCUT2D eigenvalue weighted by atomic mass is 9.72. The maximum Gasteiger partial charge on any atom is 0.226 e. The van der Waals surface area contributed by atoms with Crippen LogP contribution in [0, 0.1) is 19.3 Å². The van der Waals surface area contributed by atoms with E-state index in [2.05, 4.69) is 32.0 Å². The molecule has 0 aromatic heterocycles. The summed E-state index contributed by atoms with van der Waals surface area (Å²) in [5.74, 6) is 0.460. The van der Waals surface area contributed by atoms with E-state index in [-0.39, 0.29) is 17.2 Å². The minimum Gasteiger partial charge on any atom is -0.383 e. The average molecular weight is 373 g/mol. The number of aryl methyl sites for hydroxylation is 2. The molecule has 148 valence electrons. The molecule has 0 atom stereocenters. The molecule has 0 saturated carbocycles. The van der Waals surface area contributed by atoms with Crippen molar-refractivity contribution < 1.29 is 14.3 Å². The molecule has 27 heavy (non-hydrogen) atoms. The van der Waals surface area contributed by atoms with E-state index in [4.69, 9.17) is 4.74 Å². The molecule has 2 amide bonds. The largest absolute Gasteiger partial charge is 0.383 e. The molecule has 0 unspecified atom stereocenters. The molecule has 2 saturated heterocycles. The Morgan fingerprint density at radius 1 is 1.15 bits per heavy atom. The third kappa shape index (κ3) is 4.70. The van der Waals surface area contributed by atoms with Gasteiger partial charge in [0.05, 0.1) is 13.0 Å². The topological polar surface area (TPSA) is 49.9 Å². The van der Waals surface area contributed by atoms with Crippen molar-refractivity contribution in [3.05, 3.63) is 34.9 Å². The maximum atomic E-state index is 12.7. The van der Waals surface area contributed by atoms with Crippen molar-refractivity contribution in [2.45, 2.75) is 46.0 Å². The van der Waals surface area contributed by atoms with Crippen LogP contribution in [0.1, 0.15) is 42.4 Å². The summed E-state index contributed by atoms with van der Waals surface area (Å²) >= 11 is 0. The summed E-state index contributed by atoms with van der Waals surface area (Å²) in [6.07, 6.45) is 4.03. The van der Waals surface area contributed by atoms with Gasteiger partial charge in [-0.05, 0) is 55.2 Å².